The molecule has 1 rings (SSSR count). The molecule has 1 unspecified atom stereocenters. The quantitative estimate of drug-likeness (QED) is 0.915. The highest BCUT2D eigenvalue weighted by Gasteiger charge is 2.30. The Morgan fingerprint density at radius 2 is 1.76 bits per heavy atom. The first-order chi connectivity index (χ1) is 7.36. The molecule has 0 aliphatic heterocycles. The van der Waals surface area contributed by atoms with E-state index in [2.05, 4.69) is 0 Å². The van der Waals surface area contributed by atoms with Crippen molar-refractivity contribution in [3.05, 3.63) is 35.4 Å². The lowest BCUT2D eigenvalue weighted by Gasteiger charge is -2.11. The van der Waals surface area contributed by atoms with Gasteiger partial charge >= 0.3 is 6.18 Å². The molecule has 17 heavy (non-hydrogen) atoms. The van der Waals surface area contributed by atoms with Gasteiger partial charge in [-0.2, -0.15) is 13.2 Å². The summed E-state index contributed by atoms with van der Waals surface area (Å²) in [6.45, 7) is 1.51. The Morgan fingerprint density at radius 3 is 2.12 bits per heavy atom. The first-order valence-corrected chi connectivity index (χ1v) is 4.76. The summed E-state index contributed by atoms with van der Waals surface area (Å²) >= 11 is 0. The standard InChI is InChI=1S/C11H12F3NO.ClH/c1-7(10(16)6-15)8-2-4-9(5-3-8)11(12,13)14;/h2-5,7H,6,15H2,1H3;1H. The third-order valence-corrected chi connectivity index (χ3v) is 2.42. The number of Topliss-reactive ketones (excluding diaryl/α,β-unsaturated/α-hetero) is 1. The second kappa shape index (κ2) is 6.02. The van der Waals surface area contributed by atoms with Crippen molar-refractivity contribution in [2.75, 3.05) is 6.54 Å². The second-order valence-corrected chi connectivity index (χ2v) is 3.51. The predicted octanol–water partition coefficient (Wildman–Crippen LogP) is 2.76. The van der Waals surface area contributed by atoms with Gasteiger partial charge in [-0.1, -0.05) is 19.1 Å². The number of carbonyl (C=O) groups excluding carboxylic acids is 1. The fourth-order valence-electron chi connectivity index (χ4n) is 1.32. The van der Waals surface area contributed by atoms with Crippen LogP contribution in [0.4, 0.5) is 13.2 Å². The van der Waals surface area contributed by atoms with Gasteiger partial charge in [0.1, 0.15) is 0 Å². The third kappa shape index (κ3) is 4.02. The molecule has 0 amide bonds. The molecule has 6 heteroatoms. The Bertz CT molecular complexity index is 375. The molecule has 0 saturated carbocycles. The molecule has 96 valence electrons. The molecule has 0 heterocycles. The molecule has 0 saturated heterocycles. The molecule has 0 aromatic heterocycles. The zero-order chi connectivity index (χ0) is 12.3. The summed E-state index contributed by atoms with van der Waals surface area (Å²) in [4.78, 5) is 11.2. The zero-order valence-corrected chi connectivity index (χ0v) is 9.94. The van der Waals surface area contributed by atoms with Gasteiger partial charge < -0.3 is 5.73 Å². The van der Waals surface area contributed by atoms with Crippen molar-refractivity contribution >= 4 is 18.2 Å². The van der Waals surface area contributed by atoms with Gasteiger partial charge in [0.05, 0.1) is 12.1 Å². The molecular formula is C11H13ClF3NO. The Hall–Kier alpha value is -1.07. The maximum atomic E-state index is 12.3. The van der Waals surface area contributed by atoms with Crippen LogP contribution < -0.4 is 5.73 Å². The molecule has 0 aliphatic rings. The van der Waals surface area contributed by atoms with Crippen LogP contribution in [0.25, 0.3) is 0 Å². The predicted molar refractivity (Wildman–Crippen MR) is 61.2 cm³/mol. The smallest absolute Gasteiger partial charge is 0.324 e. The number of hydrogen-bond donors (Lipinski definition) is 1. The van der Waals surface area contributed by atoms with E-state index in [1.807, 2.05) is 0 Å². The average Bonchev–Trinajstić information content (AvgIpc) is 2.26. The van der Waals surface area contributed by atoms with Crippen LogP contribution in [0, 0.1) is 0 Å². The van der Waals surface area contributed by atoms with E-state index in [-0.39, 0.29) is 24.7 Å². The summed E-state index contributed by atoms with van der Waals surface area (Å²) in [5.41, 5.74) is 5.01. The SMILES string of the molecule is CC(C(=O)CN)c1ccc(C(F)(F)F)cc1.Cl. The summed E-state index contributed by atoms with van der Waals surface area (Å²) in [5.74, 6) is -0.660. The fourth-order valence-corrected chi connectivity index (χ4v) is 1.32. The normalized spacial score (nSPS) is 12.8. The van der Waals surface area contributed by atoms with E-state index in [0.717, 1.165) is 12.1 Å². The van der Waals surface area contributed by atoms with Crippen molar-refractivity contribution in [2.45, 2.75) is 19.0 Å². The van der Waals surface area contributed by atoms with Crippen LogP contribution in [0.5, 0.6) is 0 Å². The summed E-state index contributed by atoms with van der Waals surface area (Å²) in [5, 5.41) is 0. The molecule has 0 spiro atoms. The highest BCUT2D eigenvalue weighted by Crippen LogP contribution is 2.30. The number of ketones is 1. The van der Waals surface area contributed by atoms with E-state index >= 15 is 0 Å². The van der Waals surface area contributed by atoms with Crippen molar-refractivity contribution in [1.82, 2.24) is 0 Å². The average molecular weight is 268 g/mol. The largest absolute Gasteiger partial charge is 0.416 e. The number of halogens is 4. The monoisotopic (exact) mass is 267 g/mol. The van der Waals surface area contributed by atoms with Crippen molar-refractivity contribution in [3.8, 4) is 0 Å². The minimum absolute atomic E-state index is 0. The number of carbonyl (C=O) groups is 1. The van der Waals surface area contributed by atoms with Gasteiger partial charge in [0.15, 0.2) is 5.78 Å². The third-order valence-electron chi connectivity index (χ3n) is 2.42. The molecule has 0 aliphatic carbocycles. The minimum atomic E-state index is -4.35. The van der Waals surface area contributed by atoms with Gasteiger partial charge in [-0.05, 0) is 17.7 Å². The van der Waals surface area contributed by atoms with Gasteiger partial charge in [-0.15, -0.1) is 12.4 Å². The number of alkyl halides is 3. The van der Waals surface area contributed by atoms with Gasteiger partial charge in [0, 0.05) is 5.92 Å². The Kier molecular flexibility index (Phi) is 5.64. The van der Waals surface area contributed by atoms with Gasteiger partial charge in [-0.3, -0.25) is 4.79 Å². The number of benzene rings is 1. The summed E-state index contributed by atoms with van der Waals surface area (Å²) in [6, 6.07) is 4.55. The van der Waals surface area contributed by atoms with Crippen LogP contribution in [0.3, 0.4) is 0 Å². The first kappa shape index (κ1) is 15.9. The van der Waals surface area contributed by atoms with Crippen molar-refractivity contribution in [1.29, 1.82) is 0 Å². The van der Waals surface area contributed by atoms with Crippen LogP contribution in [-0.2, 0) is 11.0 Å². The summed E-state index contributed by atoms with van der Waals surface area (Å²) in [7, 11) is 0. The molecule has 1 aromatic rings. The fraction of sp³-hybridized carbons (Fsp3) is 0.364. The molecule has 1 aromatic carbocycles. The van der Waals surface area contributed by atoms with E-state index in [0.29, 0.717) is 5.56 Å². The van der Waals surface area contributed by atoms with E-state index in [1.165, 1.54) is 12.1 Å². The topological polar surface area (TPSA) is 43.1 Å². The van der Waals surface area contributed by atoms with Crippen molar-refractivity contribution in [2.24, 2.45) is 5.73 Å². The molecule has 0 bridgehead atoms. The highest BCUT2D eigenvalue weighted by atomic mass is 35.5. The highest BCUT2D eigenvalue weighted by molar-refractivity contribution is 5.86. The van der Waals surface area contributed by atoms with Crippen molar-refractivity contribution < 1.29 is 18.0 Å². The molecule has 2 N–H and O–H groups in total. The van der Waals surface area contributed by atoms with Crippen LogP contribution in [0.1, 0.15) is 24.0 Å². The molecule has 2 nitrogen and oxygen atoms in total. The minimum Gasteiger partial charge on any atom is -0.324 e. The zero-order valence-electron chi connectivity index (χ0n) is 9.12. The lowest BCUT2D eigenvalue weighted by atomic mass is 9.96. The number of rotatable bonds is 3. The summed E-state index contributed by atoms with van der Waals surface area (Å²) in [6.07, 6.45) is -4.35. The lowest BCUT2D eigenvalue weighted by Crippen LogP contribution is -2.19. The van der Waals surface area contributed by atoms with Crippen LogP contribution >= 0.6 is 12.4 Å². The van der Waals surface area contributed by atoms with Gasteiger partial charge in [-0.25, -0.2) is 0 Å². The molecular weight excluding hydrogens is 255 g/mol. The van der Waals surface area contributed by atoms with E-state index in [1.54, 1.807) is 6.92 Å². The maximum Gasteiger partial charge on any atom is 0.416 e. The maximum absolute atomic E-state index is 12.3. The number of nitrogens with two attached hydrogens (primary N) is 1. The van der Waals surface area contributed by atoms with E-state index in [9.17, 15) is 18.0 Å². The van der Waals surface area contributed by atoms with E-state index < -0.39 is 17.7 Å². The molecule has 0 fully saturated rings. The Balaban J connectivity index is 0.00000256. The Labute approximate surface area is 103 Å². The summed E-state index contributed by atoms with van der Waals surface area (Å²) < 4.78 is 36.8. The lowest BCUT2D eigenvalue weighted by molar-refractivity contribution is -0.137. The molecule has 0 radical (unpaired) electrons. The van der Waals surface area contributed by atoms with Crippen LogP contribution in [-0.4, -0.2) is 12.3 Å². The van der Waals surface area contributed by atoms with Crippen LogP contribution in [0.15, 0.2) is 24.3 Å². The second-order valence-electron chi connectivity index (χ2n) is 3.51. The van der Waals surface area contributed by atoms with Crippen molar-refractivity contribution in [3.63, 3.8) is 0 Å². The Morgan fingerprint density at radius 1 is 1.29 bits per heavy atom. The van der Waals surface area contributed by atoms with E-state index in [4.69, 9.17) is 5.73 Å². The number of hydrogen-bond acceptors (Lipinski definition) is 2. The van der Waals surface area contributed by atoms with Gasteiger partial charge in [0.25, 0.3) is 0 Å². The molecule has 1 atom stereocenters. The van der Waals surface area contributed by atoms with Gasteiger partial charge in [0.2, 0.25) is 0 Å². The van der Waals surface area contributed by atoms with Crippen LogP contribution in [0.2, 0.25) is 0 Å². The first-order valence-electron chi connectivity index (χ1n) is 4.76.